The van der Waals surface area contributed by atoms with Gasteiger partial charge in [-0.05, 0) is 36.4 Å². The molecule has 2 aliphatic heterocycles. The molecule has 2 fully saturated rings. The minimum absolute atomic E-state index is 0.0196. The Kier molecular flexibility index (Phi) is 6.63. The Morgan fingerprint density at radius 1 is 1.06 bits per heavy atom. The van der Waals surface area contributed by atoms with E-state index in [-0.39, 0.29) is 17.9 Å². The lowest BCUT2D eigenvalue weighted by molar-refractivity contribution is -0.138. The van der Waals surface area contributed by atoms with Gasteiger partial charge in [0.1, 0.15) is 15.8 Å². The number of benzene rings is 1. The molecule has 2 aromatic heterocycles. The van der Waals surface area contributed by atoms with Crippen LogP contribution >= 0.6 is 34.3 Å². The summed E-state index contributed by atoms with van der Waals surface area (Å²) in [6.45, 7) is 2.05. The van der Waals surface area contributed by atoms with E-state index in [0.29, 0.717) is 53.4 Å². The summed E-state index contributed by atoms with van der Waals surface area (Å²) in [5.74, 6) is 0.0112. The number of carbonyl (C=O) groups excluding carboxylic acids is 1. The summed E-state index contributed by atoms with van der Waals surface area (Å²) in [7, 11) is -3.45. The minimum atomic E-state index is -3.45. The number of aromatic nitrogens is 1. The van der Waals surface area contributed by atoms with Crippen LogP contribution < -0.4 is 4.74 Å². The highest BCUT2D eigenvalue weighted by atomic mass is 35.5. The van der Waals surface area contributed by atoms with E-state index in [1.165, 1.54) is 27.0 Å². The molecule has 1 amide bonds. The molecule has 7 nitrogen and oxygen atoms in total. The van der Waals surface area contributed by atoms with Crippen molar-refractivity contribution in [1.29, 1.82) is 0 Å². The first-order valence-corrected chi connectivity index (χ1v) is 14.5. The van der Waals surface area contributed by atoms with E-state index in [1.807, 2.05) is 23.1 Å². The number of piperidine rings is 2. The van der Waals surface area contributed by atoms with Crippen LogP contribution in [0.4, 0.5) is 0 Å². The molecule has 0 aliphatic carbocycles. The van der Waals surface area contributed by atoms with Gasteiger partial charge in [-0.3, -0.25) is 4.79 Å². The van der Waals surface area contributed by atoms with Gasteiger partial charge >= 0.3 is 0 Å². The number of sulfonamides is 1. The van der Waals surface area contributed by atoms with E-state index >= 15 is 0 Å². The van der Waals surface area contributed by atoms with Gasteiger partial charge < -0.3 is 9.64 Å². The number of fused-ring (bicyclic) bond motifs is 1. The first-order valence-electron chi connectivity index (χ1n) is 11.0. The van der Waals surface area contributed by atoms with Crippen LogP contribution in [-0.4, -0.2) is 60.8 Å². The summed E-state index contributed by atoms with van der Waals surface area (Å²) in [5.41, 5.74) is 0.763. The minimum Gasteiger partial charge on any atom is -0.467 e. The van der Waals surface area contributed by atoms with Crippen molar-refractivity contribution in [2.75, 3.05) is 26.2 Å². The van der Waals surface area contributed by atoms with E-state index in [2.05, 4.69) is 4.98 Å². The fourth-order valence-corrected chi connectivity index (χ4v) is 8.22. The fraction of sp³-hybridized carbons (Fsp3) is 0.455. The van der Waals surface area contributed by atoms with Crippen molar-refractivity contribution in [3.8, 4) is 5.19 Å². The summed E-state index contributed by atoms with van der Waals surface area (Å²) >= 11 is 8.92. The Morgan fingerprint density at radius 3 is 2.48 bits per heavy atom. The molecule has 176 valence electrons. The number of hydrogen-bond acceptors (Lipinski definition) is 7. The van der Waals surface area contributed by atoms with Crippen LogP contribution in [0, 0.1) is 5.92 Å². The van der Waals surface area contributed by atoms with Gasteiger partial charge in [-0.1, -0.05) is 35.1 Å². The zero-order valence-electron chi connectivity index (χ0n) is 17.9. The number of rotatable bonds is 5. The predicted octanol–water partition coefficient (Wildman–Crippen LogP) is 4.48. The summed E-state index contributed by atoms with van der Waals surface area (Å²) in [4.78, 5) is 19.5. The molecule has 0 spiro atoms. The van der Waals surface area contributed by atoms with Crippen molar-refractivity contribution in [2.24, 2.45) is 5.92 Å². The molecule has 0 saturated carbocycles. The first kappa shape index (κ1) is 23.0. The van der Waals surface area contributed by atoms with Crippen molar-refractivity contribution >= 4 is 60.4 Å². The number of halogens is 1. The number of para-hydroxylation sites is 1. The Bertz CT molecular complexity index is 1230. The third-order valence-electron chi connectivity index (χ3n) is 6.26. The Balaban J connectivity index is 1.12. The summed E-state index contributed by atoms with van der Waals surface area (Å²) in [6, 6.07) is 9.07. The number of thiazole rings is 1. The van der Waals surface area contributed by atoms with Crippen LogP contribution in [-0.2, 0) is 14.8 Å². The van der Waals surface area contributed by atoms with Crippen LogP contribution in [0.2, 0.25) is 5.02 Å². The van der Waals surface area contributed by atoms with Gasteiger partial charge in [0.05, 0.1) is 9.72 Å². The van der Waals surface area contributed by atoms with E-state index in [1.54, 1.807) is 17.5 Å². The Hall–Kier alpha value is -1.72. The SMILES string of the molecule is O=C(C1CCN(S(=O)(=O)c2cccs2)CC1)N1CCC(Oc2nc3c(Cl)cccc3s2)CC1. The molecule has 33 heavy (non-hydrogen) atoms. The van der Waals surface area contributed by atoms with Crippen LogP contribution in [0.1, 0.15) is 25.7 Å². The second kappa shape index (κ2) is 9.50. The molecule has 2 saturated heterocycles. The van der Waals surface area contributed by atoms with Gasteiger partial charge in [0.15, 0.2) is 0 Å². The quantitative estimate of drug-likeness (QED) is 0.490. The molecule has 3 aromatic rings. The molecule has 5 rings (SSSR count). The molecular formula is C22H24ClN3O4S3. The smallest absolute Gasteiger partial charge is 0.274 e. The lowest BCUT2D eigenvalue weighted by Crippen LogP contribution is -2.47. The number of likely N-dealkylation sites (tertiary alicyclic amines) is 1. The molecule has 0 N–H and O–H groups in total. The van der Waals surface area contributed by atoms with Crippen LogP contribution in [0.25, 0.3) is 10.2 Å². The number of ether oxygens (including phenoxy) is 1. The third-order valence-corrected chi connectivity index (χ3v) is 10.8. The fourth-order valence-electron chi connectivity index (χ4n) is 4.42. The summed E-state index contributed by atoms with van der Waals surface area (Å²) in [5, 5.41) is 3.00. The molecule has 0 bridgehead atoms. The zero-order chi connectivity index (χ0) is 23.0. The van der Waals surface area contributed by atoms with Crippen molar-refractivity contribution in [2.45, 2.75) is 36.0 Å². The normalized spacial score (nSPS) is 19.2. The molecule has 0 atom stereocenters. The lowest BCUT2D eigenvalue weighted by Gasteiger charge is -2.36. The van der Waals surface area contributed by atoms with Crippen molar-refractivity contribution < 1.29 is 17.9 Å². The van der Waals surface area contributed by atoms with Gasteiger partial charge in [-0.15, -0.1) is 11.3 Å². The van der Waals surface area contributed by atoms with E-state index in [4.69, 9.17) is 16.3 Å². The van der Waals surface area contributed by atoms with Crippen molar-refractivity contribution in [1.82, 2.24) is 14.2 Å². The number of amides is 1. The average Bonchev–Trinajstić information content (AvgIpc) is 3.50. The number of thiophene rings is 1. The monoisotopic (exact) mass is 525 g/mol. The molecule has 11 heteroatoms. The predicted molar refractivity (Wildman–Crippen MR) is 131 cm³/mol. The molecule has 0 unspecified atom stereocenters. The summed E-state index contributed by atoms with van der Waals surface area (Å²) in [6.07, 6.45) is 2.65. The maximum atomic E-state index is 13.1. The highest BCUT2D eigenvalue weighted by molar-refractivity contribution is 7.91. The topological polar surface area (TPSA) is 79.8 Å². The van der Waals surface area contributed by atoms with Gasteiger partial charge in [0, 0.05) is 44.9 Å². The van der Waals surface area contributed by atoms with E-state index < -0.39 is 10.0 Å². The molecule has 2 aliphatic rings. The van der Waals surface area contributed by atoms with Crippen LogP contribution in [0.3, 0.4) is 0 Å². The van der Waals surface area contributed by atoms with Gasteiger partial charge in [0.25, 0.3) is 15.2 Å². The van der Waals surface area contributed by atoms with Gasteiger partial charge in [-0.2, -0.15) is 4.31 Å². The largest absolute Gasteiger partial charge is 0.467 e. The zero-order valence-corrected chi connectivity index (χ0v) is 21.1. The third kappa shape index (κ3) is 4.77. The second-order valence-corrected chi connectivity index (χ2v) is 12.8. The highest BCUT2D eigenvalue weighted by Crippen LogP contribution is 2.34. The average molecular weight is 526 g/mol. The molecular weight excluding hydrogens is 502 g/mol. The lowest BCUT2D eigenvalue weighted by atomic mass is 9.95. The Labute approximate surface area is 206 Å². The van der Waals surface area contributed by atoms with Crippen LogP contribution in [0.15, 0.2) is 39.9 Å². The summed E-state index contributed by atoms with van der Waals surface area (Å²) < 4.78 is 34.4. The second-order valence-electron chi connectivity index (χ2n) is 8.32. The molecule has 4 heterocycles. The first-order chi connectivity index (χ1) is 15.9. The molecule has 0 radical (unpaired) electrons. The van der Waals surface area contributed by atoms with Gasteiger partial charge in [-0.25, -0.2) is 13.4 Å². The van der Waals surface area contributed by atoms with E-state index in [9.17, 15) is 13.2 Å². The van der Waals surface area contributed by atoms with Gasteiger partial charge in [0.2, 0.25) is 5.91 Å². The van der Waals surface area contributed by atoms with Crippen LogP contribution in [0.5, 0.6) is 5.19 Å². The van der Waals surface area contributed by atoms with Crippen molar-refractivity contribution in [3.05, 3.63) is 40.7 Å². The maximum Gasteiger partial charge on any atom is 0.274 e. The highest BCUT2D eigenvalue weighted by Gasteiger charge is 2.35. The van der Waals surface area contributed by atoms with E-state index in [0.717, 1.165) is 23.1 Å². The number of carbonyl (C=O) groups is 1. The maximum absolute atomic E-state index is 13.1. The standard InChI is InChI=1S/C22H24ClN3O4S3/c23-17-3-1-4-18-20(17)24-22(32-18)30-16-8-10-25(11-9-16)21(27)15-6-12-26(13-7-15)33(28,29)19-5-2-14-31-19/h1-5,14-16H,6-13H2. The molecule has 1 aromatic carbocycles. The number of nitrogens with zero attached hydrogens (tertiary/aromatic N) is 3. The number of hydrogen-bond donors (Lipinski definition) is 0. The van der Waals surface area contributed by atoms with Crippen molar-refractivity contribution in [3.63, 3.8) is 0 Å². The Morgan fingerprint density at radius 2 is 1.82 bits per heavy atom.